The summed E-state index contributed by atoms with van der Waals surface area (Å²) in [6.45, 7) is 9.90. The Hall–Kier alpha value is -4.62. The number of piperazine rings is 1. The molecule has 6 rings (SSSR count). The van der Waals surface area contributed by atoms with E-state index in [1.807, 2.05) is 68.4 Å². The van der Waals surface area contributed by atoms with Gasteiger partial charge in [-0.25, -0.2) is 15.0 Å². The summed E-state index contributed by atoms with van der Waals surface area (Å²) >= 11 is 0. The van der Waals surface area contributed by atoms with E-state index in [-0.39, 0.29) is 6.04 Å². The number of rotatable bonds is 5. The second-order valence-electron chi connectivity index (χ2n) is 9.45. The number of nitrogens with one attached hydrogen (secondary N) is 2. The molecule has 3 aromatic rings. The maximum atomic E-state index is 6.11. The predicted molar refractivity (Wildman–Crippen MR) is 159 cm³/mol. The molecule has 0 spiro atoms. The van der Waals surface area contributed by atoms with Crippen LogP contribution in [0.25, 0.3) is 11.0 Å². The highest BCUT2D eigenvalue weighted by atomic mass is 16.5. The monoisotopic (exact) mass is 538 g/mol. The fourth-order valence-corrected chi connectivity index (χ4v) is 4.62. The smallest absolute Gasteiger partial charge is 0.172 e. The van der Waals surface area contributed by atoms with Crippen LogP contribution >= 0.6 is 0 Å². The van der Waals surface area contributed by atoms with Crippen LogP contribution < -0.4 is 25.0 Å². The van der Waals surface area contributed by atoms with Crippen LogP contribution in [0.3, 0.4) is 0 Å². The quantitative estimate of drug-likeness (QED) is 0.362. The molecule has 0 saturated carbocycles. The van der Waals surface area contributed by atoms with Gasteiger partial charge in [-0.3, -0.25) is 5.01 Å². The lowest BCUT2D eigenvalue weighted by Gasteiger charge is -2.40. The zero-order valence-electron chi connectivity index (χ0n) is 23.1. The Morgan fingerprint density at radius 3 is 2.95 bits per heavy atom. The van der Waals surface area contributed by atoms with Crippen LogP contribution in [0.2, 0.25) is 0 Å². The molecular weight excluding hydrogens is 504 g/mol. The molecule has 3 aliphatic heterocycles. The first-order valence-corrected chi connectivity index (χ1v) is 13.5. The van der Waals surface area contributed by atoms with Gasteiger partial charge < -0.3 is 25.0 Å². The highest BCUT2D eigenvalue weighted by Crippen LogP contribution is 2.36. The summed E-state index contributed by atoms with van der Waals surface area (Å²) < 4.78 is 12.1. The lowest BCUT2D eigenvalue weighted by atomic mass is 10.1. The largest absolute Gasteiger partial charge is 0.487 e. The van der Waals surface area contributed by atoms with Crippen LogP contribution in [0.1, 0.15) is 25.8 Å². The van der Waals surface area contributed by atoms with Gasteiger partial charge in [0.1, 0.15) is 30.0 Å². The van der Waals surface area contributed by atoms with Crippen molar-refractivity contribution in [2.45, 2.75) is 33.2 Å². The first-order chi connectivity index (χ1) is 19.6. The summed E-state index contributed by atoms with van der Waals surface area (Å²) in [6.07, 6.45) is 14.8. The highest BCUT2D eigenvalue weighted by Gasteiger charge is 2.31. The standard InChI is InChI=1S/C26H28N8O2.C4H6/c1-3-30-33-9-6-20(7-10-33)36-22-5-4-18(12-17(22)2)31-25-24-21(28-16-29-25)13-23-26(32-24)34-11-8-27-14-19(34)15-35-23;1-3-4-2/h3-7,9,12-13,16,19,27H,8,10-11,14-15H2,1-2H3,(H,28,29,31);1H,4H2,2H3/b30-3-;. The minimum atomic E-state index is 0.281. The molecule has 0 bridgehead atoms. The molecule has 1 saturated heterocycles. The van der Waals surface area contributed by atoms with E-state index in [1.54, 1.807) is 12.5 Å². The highest BCUT2D eigenvalue weighted by molar-refractivity contribution is 5.90. The van der Waals surface area contributed by atoms with E-state index < -0.39 is 0 Å². The number of ether oxygens (including phenoxy) is 2. The van der Waals surface area contributed by atoms with Crippen molar-refractivity contribution in [3.8, 4) is 23.8 Å². The molecule has 40 heavy (non-hydrogen) atoms. The number of anilines is 3. The Balaban J connectivity index is 0.000000758. The maximum absolute atomic E-state index is 6.11. The van der Waals surface area contributed by atoms with E-state index in [4.69, 9.17) is 20.9 Å². The molecule has 0 aliphatic carbocycles. The van der Waals surface area contributed by atoms with E-state index in [2.05, 4.69) is 36.5 Å². The van der Waals surface area contributed by atoms with E-state index in [0.29, 0.717) is 24.5 Å². The van der Waals surface area contributed by atoms with Gasteiger partial charge in [-0.15, -0.1) is 12.3 Å². The van der Waals surface area contributed by atoms with Crippen LogP contribution in [-0.4, -0.2) is 65.0 Å². The van der Waals surface area contributed by atoms with Crippen molar-refractivity contribution in [2.24, 2.45) is 5.10 Å². The Morgan fingerprint density at radius 2 is 2.20 bits per heavy atom. The number of benzene rings is 1. The number of hydrazone groups is 1. The Kier molecular flexibility index (Phi) is 8.42. The number of terminal acetylenes is 1. The molecule has 2 N–H and O–H groups in total. The van der Waals surface area contributed by atoms with Crippen LogP contribution in [0.15, 0.2) is 59.8 Å². The minimum Gasteiger partial charge on any atom is -0.487 e. The zero-order valence-corrected chi connectivity index (χ0v) is 23.1. The van der Waals surface area contributed by atoms with Crippen LogP contribution in [-0.2, 0) is 0 Å². The summed E-state index contributed by atoms with van der Waals surface area (Å²) in [6, 6.07) is 8.22. The van der Waals surface area contributed by atoms with Gasteiger partial charge >= 0.3 is 0 Å². The van der Waals surface area contributed by atoms with Crippen molar-refractivity contribution in [3.05, 3.63) is 60.3 Å². The van der Waals surface area contributed by atoms with Gasteiger partial charge in [0.25, 0.3) is 0 Å². The second kappa shape index (κ2) is 12.5. The van der Waals surface area contributed by atoms with Crippen molar-refractivity contribution in [1.82, 2.24) is 25.3 Å². The summed E-state index contributed by atoms with van der Waals surface area (Å²) in [7, 11) is 0. The van der Waals surface area contributed by atoms with Gasteiger partial charge in [-0.1, -0.05) is 6.92 Å². The summed E-state index contributed by atoms with van der Waals surface area (Å²) in [5.74, 6) is 6.31. The van der Waals surface area contributed by atoms with Crippen molar-refractivity contribution in [2.75, 3.05) is 43.0 Å². The number of aryl methyl sites for hydroxylation is 1. The molecular formula is C30H34N8O2. The van der Waals surface area contributed by atoms with Crippen LogP contribution in [0.4, 0.5) is 17.3 Å². The van der Waals surface area contributed by atoms with Crippen molar-refractivity contribution >= 4 is 34.6 Å². The number of nitrogens with zero attached hydrogens (tertiary/aromatic N) is 6. The number of allylic oxidation sites excluding steroid dienone is 1. The molecule has 0 radical (unpaired) electrons. The lowest BCUT2D eigenvalue weighted by Crippen LogP contribution is -2.56. The van der Waals surface area contributed by atoms with E-state index >= 15 is 0 Å². The molecule has 206 valence electrons. The Morgan fingerprint density at radius 1 is 1.32 bits per heavy atom. The number of fused-ring (bicyclic) bond motifs is 4. The molecule has 1 atom stereocenters. The normalized spacial score (nSPS) is 17.6. The third-order valence-corrected chi connectivity index (χ3v) is 6.63. The molecule has 1 aromatic carbocycles. The van der Waals surface area contributed by atoms with Crippen LogP contribution in [0.5, 0.6) is 11.5 Å². The van der Waals surface area contributed by atoms with Gasteiger partial charge in [0.05, 0.1) is 18.1 Å². The second-order valence-corrected chi connectivity index (χ2v) is 9.45. The molecule has 5 heterocycles. The van der Waals surface area contributed by atoms with Crippen molar-refractivity contribution in [1.29, 1.82) is 0 Å². The number of hydrogen-bond donors (Lipinski definition) is 2. The van der Waals surface area contributed by atoms with Gasteiger partial charge in [0.15, 0.2) is 17.4 Å². The van der Waals surface area contributed by atoms with Crippen molar-refractivity contribution in [3.63, 3.8) is 0 Å². The third-order valence-electron chi connectivity index (χ3n) is 6.63. The SMILES string of the molecule is C#CCC.C/C=N\N1C=CC(Oc2ccc(Nc3ncnc4cc5c(nc34)N3CCNCC3CO5)cc2C)=CC1. The van der Waals surface area contributed by atoms with Gasteiger partial charge in [0, 0.05) is 50.2 Å². The predicted octanol–water partition coefficient (Wildman–Crippen LogP) is 4.37. The third kappa shape index (κ3) is 6.00. The van der Waals surface area contributed by atoms with E-state index in [1.165, 1.54) is 0 Å². The van der Waals surface area contributed by atoms with Crippen molar-refractivity contribution < 1.29 is 9.47 Å². The lowest BCUT2D eigenvalue weighted by molar-refractivity contribution is 0.245. The average Bonchev–Trinajstić information content (AvgIpc) is 2.99. The molecule has 0 amide bonds. The molecule has 10 heteroatoms. The zero-order chi connectivity index (χ0) is 27.9. The molecule has 1 fully saturated rings. The number of hydrogen-bond acceptors (Lipinski definition) is 10. The maximum Gasteiger partial charge on any atom is 0.172 e. The van der Waals surface area contributed by atoms with Gasteiger partial charge in [-0.05, 0) is 49.8 Å². The first kappa shape index (κ1) is 27.0. The number of pyridine rings is 1. The van der Waals surface area contributed by atoms with E-state index in [0.717, 1.165) is 65.9 Å². The average molecular weight is 539 g/mol. The Labute approximate surface area is 234 Å². The van der Waals surface area contributed by atoms with Gasteiger partial charge in [-0.2, -0.15) is 5.10 Å². The number of aromatic nitrogens is 3. The fourth-order valence-electron chi connectivity index (χ4n) is 4.62. The summed E-state index contributed by atoms with van der Waals surface area (Å²) in [4.78, 5) is 16.2. The topological polar surface area (TPSA) is 100 Å². The summed E-state index contributed by atoms with van der Waals surface area (Å²) in [5.41, 5.74) is 3.36. The molecule has 2 aromatic heterocycles. The molecule has 3 aliphatic rings. The Bertz CT molecular complexity index is 1490. The summed E-state index contributed by atoms with van der Waals surface area (Å²) in [5, 5.41) is 12.9. The van der Waals surface area contributed by atoms with E-state index in [9.17, 15) is 0 Å². The molecule has 10 nitrogen and oxygen atoms in total. The molecule has 1 unspecified atom stereocenters. The van der Waals surface area contributed by atoms with Gasteiger partial charge in [0.2, 0.25) is 0 Å². The fraction of sp³-hybridized carbons (Fsp3) is 0.333. The minimum absolute atomic E-state index is 0.281. The van der Waals surface area contributed by atoms with Crippen LogP contribution in [0, 0.1) is 19.3 Å². The first-order valence-electron chi connectivity index (χ1n) is 13.5.